The minimum absolute atomic E-state index is 0.0472. The first kappa shape index (κ1) is 16.0. The summed E-state index contributed by atoms with van der Waals surface area (Å²) >= 11 is 0. The summed E-state index contributed by atoms with van der Waals surface area (Å²) in [7, 11) is -2.92. The molecule has 6 nitrogen and oxygen atoms in total. The second-order valence-corrected chi connectivity index (χ2v) is 8.83. The Labute approximate surface area is 134 Å². The van der Waals surface area contributed by atoms with E-state index in [0.717, 1.165) is 6.42 Å². The fourth-order valence-electron chi connectivity index (χ4n) is 3.33. The fraction of sp³-hybridized carbons (Fsp3) is 0.500. The van der Waals surface area contributed by atoms with Crippen LogP contribution in [0.5, 0.6) is 0 Å². The number of carboxylic acid groups (broad SMARTS) is 1. The van der Waals surface area contributed by atoms with Crippen molar-refractivity contribution in [2.75, 3.05) is 16.8 Å². The highest BCUT2D eigenvalue weighted by Gasteiger charge is 2.59. The third kappa shape index (κ3) is 3.55. The molecule has 1 spiro atoms. The molecule has 124 valence electrons. The first-order chi connectivity index (χ1) is 10.8. The number of carboxylic acids is 1. The number of anilines is 1. The molecule has 23 heavy (non-hydrogen) atoms. The normalized spacial score (nSPS) is 24.1. The molecular formula is C16H19NO5S. The summed E-state index contributed by atoms with van der Waals surface area (Å²) in [4.78, 5) is 23.0. The van der Waals surface area contributed by atoms with Crippen LogP contribution in [0.2, 0.25) is 0 Å². The molecule has 2 aliphatic rings. The minimum Gasteiger partial charge on any atom is -0.481 e. The van der Waals surface area contributed by atoms with Gasteiger partial charge in [0.15, 0.2) is 0 Å². The lowest BCUT2D eigenvalue weighted by Crippen LogP contribution is -2.28. The van der Waals surface area contributed by atoms with Gasteiger partial charge in [0.1, 0.15) is 9.84 Å². The SMILES string of the molecule is O=C(O)Cc1ccc(NC(=O)C2CC23CCS(=O)(=O)CC3)cc1. The molecule has 0 bridgehead atoms. The summed E-state index contributed by atoms with van der Waals surface area (Å²) in [5, 5.41) is 11.6. The Morgan fingerprint density at radius 3 is 2.35 bits per heavy atom. The largest absolute Gasteiger partial charge is 0.481 e. The summed E-state index contributed by atoms with van der Waals surface area (Å²) in [6, 6.07) is 6.74. The van der Waals surface area contributed by atoms with Gasteiger partial charge in [-0.3, -0.25) is 9.59 Å². The van der Waals surface area contributed by atoms with Gasteiger partial charge < -0.3 is 10.4 Å². The highest BCUT2D eigenvalue weighted by atomic mass is 32.2. The van der Waals surface area contributed by atoms with Crippen LogP contribution in [0.3, 0.4) is 0 Å². The molecule has 0 radical (unpaired) electrons. The zero-order valence-corrected chi connectivity index (χ0v) is 13.4. The second-order valence-electron chi connectivity index (χ2n) is 6.53. The highest BCUT2D eigenvalue weighted by Crippen LogP contribution is 2.60. The van der Waals surface area contributed by atoms with Crippen molar-refractivity contribution in [3.8, 4) is 0 Å². The van der Waals surface area contributed by atoms with Gasteiger partial charge in [0.25, 0.3) is 0 Å². The lowest BCUT2D eigenvalue weighted by atomic mass is 9.96. The molecule has 1 aliphatic heterocycles. The van der Waals surface area contributed by atoms with Crippen LogP contribution in [0.15, 0.2) is 24.3 Å². The van der Waals surface area contributed by atoms with Crippen LogP contribution in [0, 0.1) is 11.3 Å². The molecule has 1 saturated heterocycles. The molecule has 1 atom stereocenters. The molecule has 1 heterocycles. The van der Waals surface area contributed by atoms with Gasteiger partial charge in [0.05, 0.1) is 17.9 Å². The Bertz CT molecular complexity index is 724. The maximum Gasteiger partial charge on any atom is 0.307 e. The number of hydrogen-bond acceptors (Lipinski definition) is 4. The van der Waals surface area contributed by atoms with E-state index in [4.69, 9.17) is 5.11 Å². The van der Waals surface area contributed by atoms with Crippen LogP contribution in [0.4, 0.5) is 5.69 Å². The molecule has 1 saturated carbocycles. The molecular weight excluding hydrogens is 318 g/mol. The van der Waals surface area contributed by atoms with Gasteiger partial charge in [0, 0.05) is 11.6 Å². The van der Waals surface area contributed by atoms with Crippen molar-refractivity contribution in [1.29, 1.82) is 0 Å². The molecule has 1 aromatic carbocycles. The van der Waals surface area contributed by atoms with Gasteiger partial charge in [-0.2, -0.15) is 0 Å². The smallest absolute Gasteiger partial charge is 0.307 e. The maximum atomic E-state index is 12.3. The number of rotatable bonds is 4. The number of carbonyl (C=O) groups is 2. The van der Waals surface area contributed by atoms with Crippen LogP contribution in [0.1, 0.15) is 24.8 Å². The second kappa shape index (κ2) is 5.63. The van der Waals surface area contributed by atoms with Crippen molar-refractivity contribution in [3.05, 3.63) is 29.8 Å². The van der Waals surface area contributed by atoms with E-state index in [2.05, 4.69) is 5.32 Å². The molecule has 1 aliphatic carbocycles. The molecule has 2 fully saturated rings. The molecule has 3 rings (SSSR count). The third-order valence-corrected chi connectivity index (χ3v) is 6.56. The molecule has 1 amide bonds. The molecule has 7 heteroatoms. The van der Waals surface area contributed by atoms with Crippen LogP contribution < -0.4 is 5.32 Å². The van der Waals surface area contributed by atoms with Crippen molar-refractivity contribution in [2.45, 2.75) is 25.7 Å². The van der Waals surface area contributed by atoms with E-state index in [-0.39, 0.29) is 35.2 Å². The van der Waals surface area contributed by atoms with Crippen molar-refractivity contribution >= 4 is 27.4 Å². The van der Waals surface area contributed by atoms with Crippen LogP contribution in [0.25, 0.3) is 0 Å². The van der Waals surface area contributed by atoms with E-state index < -0.39 is 15.8 Å². The quantitative estimate of drug-likeness (QED) is 0.866. The topological polar surface area (TPSA) is 101 Å². The molecule has 1 unspecified atom stereocenters. The van der Waals surface area contributed by atoms with Gasteiger partial charge in [-0.05, 0) is 42.4 Å². The number of nitrogens with one attached hydrogen (secondary N) is 1. The van der Waals surface area contributed by atoms with Crippen molar-refractivity contribution in [1.82, 2.24) is 0 Å². The molecule has 1 aromatic rings. The monoisotopic (exact) mass is 337 g/mol. The fourth-order valence-corrected chi connectivity index (χ4v) is 4.96. The van der Waals surface area contributed by atoms with Crippen molar-refractivity contribution in [3.63, 3.8) is 0 Å². The number of aliphatic carboxylic acids is 1. The Morgan fingerprint density at radius 1 is 1.17 bits per heavy atom. The van der Waals surface area contributed by atoms with E-state index in [1.54, 1.807) is 24.3 Å². The first-order valence-corrected chi connectivity index (χ1v) is 9.44. The predicted octanol–water partition coefficient (Wildman–Crippen LogP) is 1.47. The number of hydrogen-bond donors (Lipinski definition) is 2. The standard InChI is InChI=1S/C16H19NO5S/c18-14(19)9-11-1-3-12(4-2-11)17-15(20)13-10-16(13)5-7-23(21,22)8-6-16/h1-4,13H,5-10H2,(H,17,20)(H,18,19). The third-order valence-electron chi connectivity index (χ3n) is 4.90. The van der Waals surface area contributed by atoms with E-state index in [0.29, 0.717) is 24.1 Å². The summed E-state index contributed by atoms with van der Waals surface area (Å²) in [6.45, 7) is 0. The summed E-state index contributed by atoms with van der Waals surface area (Å²) in [5.41, 5.74) is 1.18. The number of amides is 1. The van der Waals surface area contributed by atoms with Gasteiger partial charge in [-0.1, -0.05) is 12.1 Å². The van der Waals surface area contributed by atoms with Crippen LogP contribution in [-0.4, -0.2) is 36.9 Å². The Balaban J connectivity index is 1.57. The Morgan fingerprint density at radius 2 is 1.78 bits per heavy atom. The highest BCUT2D eigenvalue weighted by molar-refractivity contribution is 7.91. The Kier molecular flexibility index (Phi) is 3.91. The number of sulfone groups is 1. The van der Waals surface area contributed by atoms with Crippen molar-refractivity contribution < 1.29 is 23.1 Å². The van der Waals surface area contributed by atoms with Gasteiger partial charge in [-0.25, -0.2) is 8.42 Å². The average molecular weight is 337 g/mol. The maximum absolute atomic E-state index is 12.3. The lowest BCUT2D eigenvalue weighted by Gasteiger charge is -2.22. The van der Waals surface area contributed by atoms with Crippen LogP contribution >= 0.6 is 0 Å². The summed E-state index contributed by atoms with van der Waals surface area (Å²) in [5.74, 6) is -0.720. The van der Waals surface area contributed by atoms with E-state index >= 15 is 0 Å². The zero-order chi connectivity index (χ0) is 16.7. The molecule has 2 N–H and O–H groups in total. The minimum atomic E-state index is -2.92. The zero-order valence-electron chi connectivity index (χ0n) is 12.6. The van der Waals surface area contributed by atoms with Gasteiger partial charge in [0.2, 0.25) is 5.91 Å². The lowest BCUT2D eigenvalue weighted by molar-refractivity contribution is -0.136. The van der Waals surface area contributed by atoms with E-state index in [9.17, 15) is 18.0 Å². The number of carbonyl (C=O) groups excluding carboxylic acids is 1. The van der Waals surface area contributed by atoms with Crippen molar-refractivity contribution in [2.24, 2.45) is 11.3 Å². The van der Waals surface area contributed by atoms with Gasteiger partial charge in [-0.15, -0.1) is 0 Å². The summed E-state index contributed by atoms with van der Waals surface area (Å²) in [6.07, 6.45) is 1.86. The van der Waals surface area contributed by atoms with Crippen LogP contribution in [-0.2, 0) is 25.8 Å². The first-order valence-electron chi connectivity index (χ1n) is 7.62. The predicted molar refractivity (Wildman–Crippen MR) is 84.8 cm³/mol. The van der Waals surface area contributed by atoms with E-state index in [1.807, 2.05) is 0 Å². The Hall–Kier alpha value is -1.89. The number of benzene rings is 1. The van der Waals surface area contributed by atoms with E-state index in [1.165, 1.54) is 0 Å². The van der Waals surface area contributed by atoms with Gasteiger partial charge >= 0.3 is 5.97 Å². The summed E-state index contributed by atoms with van der Waals surface area (Å²) < 4.78 is 23.0. The average Bonchev–Trinajstić information content (AvgIpc) is 3.19. The molecule has 0 aromatic heterocycles.